The van der Waals surface area contributed by atoms with Crippen molar-refractivity contribution in [3.8, 4) is 0 Å². The first-order chi connectivity index (χ1) is 9.24. The van der Waals surface area contributed by atoms with Gasteiger partial charge < -0.3 is 10.2 Å². The molecule has 1 fully saturated rings. The van der Waals surface area contributed by atoms with Crippen LogP contribution in [0, 0.1) is 5.92 Å². The third kappa shape index (κ3) is 2.72. The molecular weight excluding hydrogens is 232 g/mol. The summed E-state index contributed by atoms with van der Waals surface area (Å²) in [6, 6.07) is 7.70. The molecule has 2 nitrogen and oxygen atoms in total. The van der Waals surface area contributed by atoms with E-state index in [0.29, 0.717) is 0 Å². The molecule has 0 amide bonds. The van der Waals surface area contributed by atoms with Crippen molar-refractivity contribution in [3.05, 3.63) is 23.8 Å². The van der Waals surface area contributed by atoms with Gasteiger partial charge in [-0.3, -0.25) is 0 Å². The van der Waals surface area contributed by atoms with Crippen LogP contribution in [0.3, 0.4) is 0 Å². The predicted octanol–water partition coefficient (Wildman–Crippen LogP) is 4.06. The van der Waals surface area contributed by atoms with E-state index in [9.17, 15) is 0 Å². The van der Waals surface area contributed by atoms with Crippen LogP contribution in [-0.4, -0.2) is 19.6 Å². The first-order valence-corrected chi connectivity index (χ1v) is 7.83. The average Bonchev–Trinajstić information content (AvgIpc) is 2.46. The molecule has 1 saturated carbocycles. The Morgan fingerprint density at radius 1 is 1.21 bits per heavy atom. The van der Waals surface area contributed by atoms with E-state index >= 15 is 0 Å². The molecule has 2 atom stereocenters. The second-order valence-corrected chi connectivity index (χ2v) is 6.41. The van der Waals surface area contributed by atoms with Crippen molar-refractivity contribution in [3.63, 3.8) is 0 Å². The Balaban J connectivity index is 1.77. The number of nitrogens with one attached hydrogen (secondary N) is 1. The molecule has 1 aromatic carbocycles. The SMILES string of the molecule is CC1CCCC(N(C)c2ccc3c(c2)CCCN3)C1. The van der Waals surface area contributed by atoms with Crippen LogP contribution in [0.4, 0.5) is 11.4 Å². The lowest BCUT2D eigenvalue weighted by molar-refractivity contribution is 0.336. The molecule has 3 rings (SSSR count). The van der Waals surface area contributed by atoms with Crippen molar-refractivity contribution in [2.75, 3.05) is 23.8 Å². The van der Waals surface area contributed by atoms with Gasteiger partial charge in [-0.2, -0.15) is 0 Å². The minimum Gasteiger partial charge on any atom is -0.385 e. The summed E-state index contributed by atoms with van der Waals surface area (Å²) in [6.45, 7) is 3.53. The molecule has 2 unspecified atom stereocenters. The van der Waals surface area contributed by atoms with E-state index in [-0.39, 0.29) is 0 Å². The van der Waals surface area contributed by atoms with Gasteiger partial charge in [0.1, 0.15) is 0 Å². The molecule has 1 aliphatic carbocycles. The number of hydrogen-bond donors (Lipinski definition) is 1. The quantitative estimate of drug-likeness (QED) is 0.860. The van der Waals surface area contributed by atoms with Crippen molar-refractivity contribution in [2.24, 2.45) is 5.92 Å². The average molecular weight is 258 g/mol. The van der Waals surface area contributed by atoms with Crippen LogP contribution in [0.1, 0.15) is 44.6 Å². The maximum absolute atomic E-state index is 3.50. The van der Waals surface area contributed by atoms with Gasteiger partial charge in [-0.15, -0.1) is 0 Å². The zero-order valence-corrected chi connectivity index (χ0v) is 12.3. The monoisotopic (exact) mass is 258 g/mol. The van der Waals surface area contributed by atoms with Crippen molar-refractivity contribution in [1.82, 2.24) is 0 Å². The van der Waals surface area contributed by atoms with Gasteiger partial charge >= 0.3 is 0 Å². The van der Waals surface area contributed by atoms with Crippen LogP contribution in [0.5, 0.6) is 0 Å². The zero-order valence-electron chi connectivity index (χ0n) is 12.3. The molecule has 1 aliphatic heterocycles. The second-order valence-electron chi connectivity index (χ2n) is 6.41. The van der Waals surface area contributed by atoms with E-state index in [1.807, 2.05) is 0 Å². The third-order valence-corrected chi connectivity index (χ3v) is 4.89. The summed E-state index contributed by atoms with van der Waals surface area (Å²) in [5.74, 6) is 0.889. The number of anilines is 2. The summed E-state index contributed by atoms with van der Waals surface area (Å²) < 4.78 is 0. The van der Waals surface area contributed by atoms with Crippen LogP contribution < -0.4 is 10.2 Å². The van der Waals surface area contributed by atoms with Gasteiger partial charge in [-0.05, 0) is 55.4 Å². The summed E-state index contributed by atoms with van der Waals surface area (Å²) in [6.07, 6.45) is 8.01. The van der Waals surface area contributed by atoms with E-state index in [2.05, 4.69) is 42.4 Å². The molecule has 1 aromatic rings. The summed E-state index contributed by atoms with van der Waals surface area (Å²) in [5.41, 5.74) is 4.25. The lowest BCUT2D eigenvalue weighted by Gasteiger charge is -2.36. The third-order valence-electron chi connectivity index (χ3n) is 4.89. The standard InChI is InChI=1S/C17H26N2/c1-13-5-3-7-15(11-13)19(2)16-8-9-17-14(12-16)6-4-10-18-17/h8-9,12-13,15,18H,3-7,10-11H2,1-2H3. The molecule has 1 heterocycles. The second kappa shape index (κ2) is 5.44. The van der Waals surface area contributed by atoms with E-state index in [4.69, 9.17) is 0 Å². The molecule has 1 N–H and O–H groups in total. The summed E-state index contributed by atoms with van der Waals surface area (Å²) in [4.78, 5) is 2.52. The maximum Gasteiger partial charge on any atom is 0.0374 e. The van der Waals surface area contributed by atoms with Gasteiger partial charge in [0, 0.05) is 31.0 Å². The number of aryl methyl sites for hydroxylation is 1. The normalized spacial score (nSPS) is 26.4. The zero-order chi connectivity index (χ0) is 13.2. The molecule has 0 saturated heterocycles. The Bertz CT molecular complexity index is 441. The van der Waals surface area contributed by atoms with E-state index in [1.165, 1.54) is 55.5 Å². The minimum absolute atomic E-state index is 0.735. The fourth-order valence-electron chi connectivity index (χ4n) is 3.65. The molecule has 0 bridgehead atoms. The van der Waals surface area contributed by atoms with Crippen LogP contribution >= 0.6 is 0 Å². The Hall–Kier alpha value is -1.18. The number of fused-ring (bicyclic) bond motifs is 1. The highest BCUT2D eigenvalue weighted by Gasteiger charge is 2.23. The number of rotatable bonds is 2. The molecule has 2 heteroatoms. The highest BCUT2D eigenvalue weighted by atomic mass is 15.1. The summed E-state index contributed by atoms with van der Waals surface area (Å²) >= 11 is 0. The van der Waals surface area contributed by atoms with Gasteiger partial charge in [0.15, 0.2) is 0 Å². The van der Waals surface area contributed by atoms with E-state index in [0.717, 1.165) is 18.5 Å². The molecule has 2 aliphatic rings. The number of nitrogens with zero attached hydrogens (tertiary/aromatic N) is 1. The molecular formula is C17H26N2. The Morgan fingerprint density at radius 2 is 2.11 bits per heavy atom. The van der Waals surface area contributed by atoms with Gasteiger partial charge in [0.2, 0.25) is 0 Å². The largest absolute Gasteiger partial charge is 0.385 e. The lowest BCUT2D eigenvalue weighted by atomic mass is 9.86. The van der Waals surface area contributed by atoms with Gasteiger partial charge in [-0.25, -0.2) is 0 Å². The Labute approximate surface area is 117 Å². The molecule has 0 spiro atoms. The van der Waals surface area contributed by atoms with E-state index < -0.39 is 0 Å². The highest BCUT2D eigenvalue weighted by Crippen LogP contribution is 2.32. The fraction of sp³-hybridized carbons (Fsp3) is 0.647. The van der Waals surface area contributed by atoms with Crippen LogP contribution in [-0.2, 0) is 6.42 Å². The summed E-state index contributed by atoms with van der Waals surface area (Å²) in [5, 5.41) is 3.50. The topological polar surface area (TPSA) is 15.3 Å². The Morgan fingerprint density at radius 3 is 2.95 bits per heavy atom. The van der Waals surface area contributed by atoms with Crippen molar-refractivity contribution < 1.29 is 0 Å². The van der Waals surface area contributed by atoms with Crippen LogP contribution in [0.2, 0.25) is 0 Å². The van der Waals surface area contributed by atoms with Gasteiger partial charge in [-0.1, -0.05) is 19.8 Å². The van der Waals surface area contributed by atoms with Gasteiger partial charge in [0.05, 0.1) is 0 Å². The Kier molecular flexibility index (Phi) is 3.67. The highest BCUT2D eigenvalue weighted by molar-refractivity contribution is 5.61. The van der Waals surface area contributed by atoms with Crippen molar-refractivity contribution in [1.29, 1.82) is 0 Å². The molecule has 104 valence electrons. The summed E-state index contributed by atoms with van der Waals surface area (Å²) in [7, 11) is 2.28. The molecule has 0 aromatic heterocycles. The van der Waals surface area contributed by atoms with Crippen molar-refractivity contribution in [2.45, 2.75) is 51.5 Å². The molecule has 0 radical (unpaired) electrons. The minimum atomic E-state index is 0.735. The van der Waals surface area contributed by atoms with Crippen molar-refractivity contribution >= 4 is 11.4 Å². The maximum atomic E-state index is 3.50. The molecule has 19 heavy (non-hydrogen) atoms. The van der Waals surface area contributed by atoms with Crippen LogP contribution in [0.15, 0.2) is 18.2 Å². The van der Waals surface area contributed by atoms with Crippen LogP contribution in [0.25, 0.3) is 0 Å². The first-order valence-electron chi connectivity index (χ1n) is 7.83. The van der Waals surface area contributed by atoms with Gasteiger partial charge in [0.25, 0.3) is 0 Å². The number of hydrogen-bond acceptors (Lipinski definition) is 2. The predicted molar refractivity (Wildman–Crippen MR) is 83.1 cm³/mol. The smallest absolute Gasteiger partial charge is 0.0374 e. The lowest BCUT2D eigenvalue weighted by Crippen LogP contribution is -2.35. The fourth-order valence-corrected chi connectivity index (χ4v) is 3.65. The van der Waals surface area contributed by atoms with E-state index in [1.54, 1.807) is 0 Å². The number of benzene rings is 1. The first kappa shape index (κ1) is 12.8.